The number of thiophene rings is 1. The standard InChI is InChI=1S/C11H18N2O2S/c12-5-11(9-1-4-16-8-9)13-2-3-15-7-10(13)6-14/h1,4,8,10-11,14H,2-3,5-7,12H2. The number of hydrogen-bond donors (Lipinski definition) is 2. The summed E-state index contributed by atoms with van der Waals surface area (Å²) in [4.78, 5) is 2.26. The predicted octanol–water partition coefficient (Wildman–Crippen LogP) is 0.441. The van der Waals surface area contributed by atoms with E-state index in [1.165, 1.54) is 5.56 Å². The quantitative estimate of drug-likeness (QED) is 0.804. The second-order valence-electron chi connectivity index (χ2n) is 3.96. The fourth-order valence-corrected chi connectivity index (χ4v) is 2.87. The first-order valence-corrected chi connectivity index (χ1v) is 6.47. The summed E-state index contributed by atoms with van der Waals surface area (Å²) in [5, 5.41) is 13.5. The summed E-state index contributed by atoms with van der Waals surface area (Å²) >= 11 is 1.68. The molecule has 16 heavy (non-hydrogen) atoms. The van der Waals surface area contributed by atoms with Crippen LogP contribution in [0.5, 0.6) is 0 Å². The highest BCUT2D eigenvalue weighted by Crippen LogP contribution is 2.25. The van der Waals surface area contributed by atoms with Crippen LogP contribution in [-0.4, -0.2) is 49.0 Å². The molecule has 0 amide bonds. The molecule has 0 spiro atoms. The minimum absolute atomic E-state index is 0.0715. The molecular formula is C11H18N2O2S. The van der Waals surface area contributed by atoms with Crippen molar-refractivity contribution in [3.63, 3.8) is 0 Å². The van der Waals surface area contributed by atoms with E-state index in [0.717, 1.165) is 13.2 Å². The molecule has 1 aliphatic heterocycles. The van der Waals surface area contributed by atoms with Crippen LogP contribution in [0.3, 0.4) is 0 Å². The highest BCUT2D eigenvalue weighted by Gasteiger charge is 2.29. The molecule has 2 heterocycles. The van der Waals surface area contributed by atoms with Crippen molar-refractivity contribution in [2.45, 2.75) is 12.1 Å². The van der Waals surface area contributed by atoms with Gasteiger partial charge in [0.05, 0.1) is 25.9 Å². The average Bonchev–Trinajstić information content (AvgIpc) is 2.84. The van der Waals surface area contributed by atoms with Crippen LogP contribution in [0.15, 0.2) is 16.8 Å². The van der Waals surface area contributed by atoms with E-state index in [1.54, 1.807) is 11.3 Å². The minimum atomic E-state index is 0.0715. The van der Waals surface area contributed by atoms with Gasteiger partial charge in [0.2, 0.25) is 0 Å². The van der Waals surface area contributed by atoms with Crippen LogP contribution in [-0.2, 0) is 4.74 Å². The van der Waals surface area contributed by atoms with Gasteiger partial charge in [0.1, 0.15) is 0 Å². The predicted molar refractivity (Wildman–Crippen MR) is 64.5 cm³/mol. The summed E-state index contributed by atoms with van der Waals surface area (Å²) < 4.78 is 5.38. The Bertz CT molecular complexity index is 305. The molecule has 5 heteroatoms. The lowest BCUT2D eigenvalue weighted by molar-refractivity contribution is -0.0463. The van der Waals surface area contributed by atoms with Crippen molar-refractivity contribution in [2.24, 2.45) is 5.73 Å². The van der Waals surface area contributed by atoms with Crippen LogP contribution >= 0.6 is 11.3 Å². The maximum atomic E-state index is 9.34. The number of rotatable bonds is 4. The van der Waals surface area contributed by atoms with E-state index in [2.05, 4.69) is 21.7 Å². The third-order valence-electron chi connectivity index (χ3n) is 3.04. The van der Waals surface area contributed by atoms with Crippen LogP contribution in [0.4, 0.5) is 0 Å². The van der Waals surface area contributed by atoms with Gasteiger partial charge in [0.25, 0.3) is 0 Å². The van der Waals surface area contributed by atoms with Crippen molar-refractivity contribution in [1.82, 2.24) is 4.90 Å². The SMILES string of the molecule is NCC(c1ccsc1)N1CCOCC1CO. The van der Waals surface area contributed by atoms with Gasteiger partial charge >= 0.3 is 0 Å². The maximum absolute atomic E-state index is 9.34. The van der Waals surface area contributed by atoms with Crippen LogP contribution in [0, 0.1) is 0 Å². The summed E-state index contributed by atoms with van der Waals surface area (Å²) in [6, 6.07) is 2.38. The van der Waals surface area contributed by atoms with Crippen LogP contribution in [0.25, 0.3) is 0 Å². The number of aliphatic hydroxyl groups excluding tert-OH is 1. The zero-order valence-corrected chi connectivity index (χ0v) is 10.0. The molecule has 1 aromatic rings. The van der Waals surface area contributed by atoms with Gasteiger partial charge in [0.15, 0.2) is 0 Å². The van der Waals surface area contributed by atoms with Crippen molar-refractivity contribution in [3.8, 4) is 0 Å². The topological polar surface area (TPSA) is 58.7 Å². The third kappa shape index (κ3) is 2.44. The first kappa shape index (κ1) is 12.0. The van der Waals surface area contributed by atoms with Gasteiger partial charge in [-0.25, -0.2) is 0 Å². The number of hydrogen-bond acceptors (Lipinski definition) is 5. The molecule has 3 N–H and O–H groups in total. The Morgan fingerprint density at radius 3 is 3.19 bits per heavy atom. The van der Waals surface area contributed by atoms with Gasteiger partial charge in [-0.1, -0.05) is 0 Å². The Labute approximate surface area is 99.6 Å². The molecule has 1 fully saturated rings. The summed E-state index contributed by atoms with van der Waals surface area (Å²) in [5.74, 6) is 0. The monoisotopic (exact) mass is 242 g/mol. The summed E-state index contributed by atoms with van der Waals surface area (Å²) in [6.45, 7) is 2.85. The third-order valence-corrected chi connectivity index (χ3v) is 3.74. The number of ether oxygens (including phenoxy) is 1. The van der Waals surface area contributed by atoms with Crippen molar-refractivity contribution < 1.29 is 9.84 Å². The van der Waals surface area contributed by atoms with Crippen molar-refractivity contribution >= 4 is 11.3 Å². The normalized spacial score (nSPS) is 24.5. The molecule has 1 saturated heterocycles. The first-order valence-electron chi connectivity index (χ1n) is 5.53. The molecule has 0 saturated carbocycles. The molecule has 0 aromatic carbocycles. The molecular weight excluding hydrogens is 224 g/mol. The lowest BCUT2D eigenvalue weighted by Crippen LogP contribution is -2.50. The van der Waals surface area contributed by atoms with Crippen LogP contribution in [0.1, 0.15) is 11.6 Å². The molecule has 1 aromatic heterocycles. The molecule has 0 aliphatic carbocycles. The Morgan fingerprint density at radius 2 is 2.56 bits per heavy atom. The Hall–Kier alpha value is -0.460. The molecule has 2 atom stereocenters. The summed E-state index contributed by atoms with van der Waals surface area (Å²) in [7, 11) is 0. The first-order chi connectivity index (χ1) is 7.86. The van der Waals surface area contributed by atoms with Crippen molar-refractivity contribution in [3.05, 3.63) is 22.4 Å². The van der Waals surface area contributed by atoms with Gasteiger partial charge < -0.3 is 15.6 Å². The lowest BCUT2D eigenvalue weighted by atomic mass is 10.1. The summed E-state index contributed by atoms with van der Waals surface area (Å²) in [6.07, 6.45) is 0. The fraction of sp³-hybridized carbons (Fsp3) is 0.636. The highest BCUT2D eigenvalue weighted by atomic mass is 32.1. The lowest BCUT2D eigenvalue weighted by Gasteiger charge is -2.39. The molecule has 2 unspecified atom stereocenters. The number of nitrogens with two attached hydrogens (primary N) is 1. The molecule has 1 aliphatic rings. The van der Waals surface area contributed by atoms with Crippen molar-refractivity contribution in [2.75, 3.05) is 32.9 Å². The Kier molecular flexibility index (Phi) is 4.31. The second kappa shape index (κ2) is 5.75. The van der Waals surface area contributed by atoms with Crippen molar-refractivity contribution in [1.29, 1.82) is 0 Å². The van der Waals surface area contributed by atoms with E-state index in [-0.39, 0.29) is 18.7 Å². The summed E-state index contributed by atoms with van der Waals surface area (Å²) in [5.41, 5.74) is 7.10. The highest BCUT2D eigenvalue weighted by molar-refractivity contribution is 7.07. The molecule has 0 radical (unpaired) electrons. The molecule has 0 bridgehead atoms. The van der Waals surface area contributed by atoms with Gasteiger partial charge in [-0.05, 0) is 22.4 Å². The maximum Gasteiger partial charge on any atom is 0.0645 e. The van der Waals surface area contributed by atoms with Gasteiger partial charge in [-0.2, -0.15) is 11.3 Å². The zero-order valence-electron chi connectivity index (χ0n) is 9.21. The fourth-order valence-electron chi connectivity index (χ4n) is 2.16. The van der Waals surface area contributed by atoms with Gasteiger partial charge in [-0.15, -0.1) is 0 Å². The Balaban J connectivity index is 2.13. The number of nitrogens with zero attached hydrogens (tertiary/aromatic N) is 1. The zero-order chi connectivity index (χ0) is 11.4. The minimum Gasteiger partial charge on any atom is -0.395 e. The van der Waals surface area contributed by atoms with E-state index in [0.29, 0.717) is 13.2 Å². The smallest absolute Gasteiger partial charge is 0.0645 e. The number of aliphatic hydroxyl groups is 1. The van der Waals surface area contributed by atoms with E-state index in [9.17, 15) is 5.11 Å². The van der Waals surface area contributed by atoms with E-state index < -0.39 is 0 Å². The van der Waals surface area contributed by atoms with E-state index >= 15 is 0 Å². The van der Waals surface area contributed by atoms with Gasteiger partial charge in [0, 0.05) is 19.1 Å². The van der Waals surface area contributed by atoms with E-state index in [4.69, 9.17) is 10.5 Å². The molecule has 2 rings (SSSR count). The number of morpholine rings is 1. The van der Waals surface area contributed by atoms with Crippen LogP contribution in [0.2, 0.25) is 0 Å². The van der Waals surface area contributed by atoms with Crippen LogP contribution < -0.4 is 5.73 Å². The molecule has 90 valence electrons. The van der Waals surface area contributed by atoms with E-state index in [1.807, 2.05) is 0 Å². The molecule has 4 nitrogen and oxygen atoms in total. The second-order valence-corrected chi connectivity index (χ2v) is 4.74. The largest absolute Gasteiger partial charge is 0.395 e. The Morgan fingerprint density at radius 1 is 1.69 bits per heavy atom. The van der Waals surface area contributed by atoms with Gasteiger partial charge in [-0.3, -0.25) is 4.90 Å². The average molecular weight is 242 g/mol.